The Morgan fingerprint density at radius 3 is 2.33 bits per heavy atom. The van der Waals surface area contributed by atoms with Crippen molar-refractivity contribution in [3.63, 3.8) is 0 Å². The van der Waals surface area contributed by atoms with E-state index in [-0.39, 0.29) is 18.1 Å². The minimum Gasteiger partial charge on any atom is -0.366 e. The normalized spacial score (nSPS) is 19.6. The molecule has 0 spiro atoms. The van der Waals surface area contributed by atoms with Gasteiger partial charge in [0.2, 0.25) is 5.95 Å². The predicted octanol–water partition coefficient (Wildman–Crippen LogP) is 4.88. The number of nitrogens with two attached hydrogens (primary N) is 2. The third-order valence-corrected chi connectivity index (χ3v) is 7.99. The molecule has 0 unspecified atom stereocenters. The van der Waals surface area contributed by atoms with E-state index in [2.05, 4.69) is 38.1 Å². The number of benzene rings is 2. The first-order valence-corrected chi connectivity index (χ1v) is 14.1. The molecule has 2 fully saturated rings. The molecule has 1 saturated heterocycles. The monoisotopic (exact) mass is 562 g/mol. The van der Waals surface area contributed by atoms with Crippen molar-refractivity contribution >= 4 is 46.7 Å². The Hall–Kier alpha value is -3.89. The summed E-state index contributed by atoms with van der Waals surface area (Å²) in [5, 5.41) is 9.79. The Balaban J connectivity index is 1.15. The molecule has 2 aliphatic rings. The summed E-state index contributed by atoms with van der Waals surface area (Å²) in [4.78, 5) is 35.2. The third kappa shape index (κ3) is 6.81. The maximum Gasteiger partial charge on any atom is 0.317 e. The third-order valence-electron chi connectivity index (χ3n) is 7.71. The maximum atomic E-state index is 12.7. The summed E-state index contributed by atoms with van der Waals surface area (Å²) in [5.41, 5.74) is 14.4. The van der Waals surface area contributed by atoms with Gasteiger partial charge >= 0.3 is 6.03 Å². The number of carbonyl (C=O) groups excluding carboxylic acids is 2. The van der Waals surface area contributed by atoms with E-state index in [0.29, 0.717) is 34.0 Å². The van der Waals surface area contributed by atoms with Crippen molar-refractivity contribution in [3.05, 3.63) is 70.9 Å². The fourth-order valence-electron chi connectivity index (χ4n) is 5.36. The number of nitrogens with zero attached hydrogens (tertiary/aromatic N) is 3. The van der Waals surface area contributed by atoms with E-state index in [1.807, 2.05) is 17.0 Å². The molecule has 1 aliphatic heterocycles. The molecule has 11 heteroatoms. The van der Waals surface area contributed by atoms with Crippen LogP contribution in [0, 0.1) is 0 Å². The second-order valence-electron chi connectivity index (χ2n) is 10.5. The van der Waals surface area contributed by atoms with Crippen LogP contribution in [0.4, 0.5) is 27.9 Å². The SMILES string of the molecule is NC(=O)c1ccccc1Nc1nc(Nc2ccc(C3CCN(C(=O)NC4CCC(N)CC4)CC3)cc2)ncc1Cl. The minimum absolute atomic E-state index is 0.0495. The first-order valence-electron chi connectivity index (χ1n) is 13.7. The number of aromatic nitrogens is 2. The molecule has 3 amide bonds. The number of carbonyl (C=O) groups is 2. The number of piperidine rings is 1. The summed E-state index contributed by atoms with van der Waals surface area (Å²) in [6.45, 7) is 1.49. The standard InChI is InChI=1S/C29H35ClN8O2/c30-24-17-33-28(37-27(24)36-25-4-2-1-3-23(25)26(32)39)34-21-9-5-18(6-10-21)19-13-15-38(16-14-19)29(40)35-22-11-7-20(31)8-12-22/h1-6,9-10,17,19-20,22H,7-8,11-16,31H2,(H2,32,39)(H,35,40)(H2,33,34,36,37). The number of amides is 3. The molecule has 10 nitrogen and oxygen atoms in total. The topological polar surface area (TPSA) is 151 Å². The molecule has 2 heterocycles. The van der Waals surface area contributed by atoms with Crippen LogP contribution < -0.4 is 27.4 Å². The Kier molecular flexibility index (Phi) is 8.66. The van der Waals surface area contributed by atoms with Gasteiger partial charge < -0.3 is 32.3 Å². The second kappa shape index (κ2) is 12.5. The zero-order chi connectivity index (χ0) is 28.1. The van der Waals surface area contributed by atoms with Crippen LogP contribution in [0.2, 0.25) is 5.02 Å². The van der Waals surface area contributed by atoms with E-state index >= 15 is 0 Å². The first kappa shape index (κ1) is 27.7. The van der Waals surface area contributed by atoms with Gasteiger partial charge in [-0.2, -0.15) is 4.98 Å². The minimum atomic E-state index is -0.550. The Morgan fingerprint density at radius 2 is 1.62 bits per heavy atom. The zero-order valence-electron chi connectivity index (χ0n) is 22.3. The highest BCUT2D eigenvalue weighted by atomic mass is 35.5. The van der Waals surface area contributed by atoms with Gasteiger partial charge in [0.1, 0.15) is 5.02 Å². The molecule has 0 atom stereocenters. The summed E-state index contributed by atoms with van der Waals surface area (Å²) >= 11 is 6.31. The van der Waals surface area contributed by atoms with E-state index < -0.39 is 5.91 Å². The van der Waals surface area contributed by atoms with Crippen molar-refractivity contribution < 1.29 is 9.59 Å². The number of hydrogen-bond acceptors (Lipinski definition) is 7. The van der Waals surface area contributed by atoms with Gasteiger partial charge in [0.25, 0.3) is 5.91 Å². The second-order valence-corrected chi connectivity index (χ2v) is 10.9. The van der Waals surface area contributed by atoms with Crippen LogP contribution in [0.15, 0.2) is 54.7 Å². The van der Waals surface area contributed by atoms with Crippen LogP contribution in [0.5, 0.6) is 0 Å². The number of anilines is 4. The predicted molar refractivity (Wildman–Crippen MR) is 157 cm³/mol. The molecule has 5 rings (SSSR count). The van der Waals surface area contributed by atoms with Crippen molar-refractivity contribution in [1.29, 1.82) is 0 Å². The highest BCUT2D eigenvalue weighted by Gasteiger charge is 2.26. The van der Waals surface area contributed by atoms with E-state index in [4.69, 9.17) is 23.1 Å². The van der Waals surface area contributed by atoms with E-state index in [1.54, 1.807) is 24.3 Å². The number of hydrogen-bond donors (Lipinski definition) is 5. The van der Waals surface area contributed by atoms with Crippen molar-refractivity contribution in [3.8, 4) is 0 Å². The molecule has 1 saturated carbocycles. The lowest BCUT2D eigenvalue weighted by Crippen LogP contribution is -2.49. The van der Waals surface area contributed by atoms with E-state index in [0.717, 1.165) is 57.3 Å². The molecule has 1 aromatic heterocycles. The van der Waals surface area contributed by atoms with E-state index in [1.165, 1.54) is 11.8 Å². The highest BCUT2D eigenvalue weighted by molar-refractivity contribution is 6.33. The number of rotatable bonds is 7. The number of halogens is 1. The fraction of sp³-hybridized carbons (Fsp3) is 0.379. The van der Waals surface area contributed by atoms with Crippen LogP contribution >= 0.6 is 11.6 Å². The van der Waals surface area contributed by atoms with Crippen molar-refractivity contribution in [2.24, 2.45) is 11.5 Å². The molecule has 0 radical (unpaired) electrons. The van der Waals surface area contributed by atoms with Crippen molar-refractivity contribution in [2.45, 2.75) is 56.5 Å². The summed E-state index contributed by atoms with van der Waals surface area (Å²) < 4.78 is 0. The summed E-state index contributed by atoms with van der Waals surface area (Å²) in [6, 6.07) is 15.7. The van der Waals surface area contributed by atoms with Crippen LogP contribution in [-0.2, 0) is 0 Å². The van der Waals surface area contributed by atoms with Crippen LogP contribution in [0.25, 0.3) is 0 Å². The van der Waals surface area contributed by atoms with Gasteiger partial charge in [-0.05, 0) is 74.3 Å². The largest absolute Gasteiger partial charge is 0.366 e. The number of primary amides is 1. The number of nitrogens with one attached hydrogen (secondary N) is 3. The number of para-hydroxylation sites is 1. The molecule has 210 valence electrons. The molecule has 2 aromatic carbocycles. The molecular formula is C29H35ClN8O2. The van der Waals surface area contributed by atoms with Gasteiger partial charge in [0.05, 0.1) is 17.4 Å². The van der Waals surface area contributed by atoms with Crippen molar-refractivity contribution in [2.75, 3.05) is 23.7 Å². The summed E-state index contributed by atoms with van der Waals surface area (Å²) in [6.07, 6.45) is 7.23. The van der Waals surface area contributed by atoms with Crippen LogP contribution in [-0.4, -0.2) is 52.0 Å². The van der Waals surface area contributed by atoms with Gasteiger partial charge in [0, 0.05) is 30.9 Å². The number of urea groups is 1. The Labute approximate surface area is 238 Å². The zero-order valence-corrected chi connectivity index (χ0v) is 23.0. The molecule has 0 bridgehead atoms. The first-order chi connectivity index (χ1) is 19.4. The van der Waals surface area contributed by atoms with E-state index in [9.17, 15) is 9.59 Å². The average molecular weight is 563 g/mol. The molecule has 7 N–H and O–H groups in total. The maximum absolute atomic E-state index is 12.7. The molecule has 40 heavy (non-hydrogen) atoms. The van der Waals surface area contributed by atoms with Gasteiger partial charge in [0.15, 0.2) is 5.82 Å². The molecular weight excluding hydrogens is 528 g/mol. The van der Waals surface area contributed by atoms with Crippen LogP contribution in [0.1, 0.15) is 60.4 Å². The molecule has 3 aromatic rings. The van der Waals surface area contributed by atoms with Gasteiger partial charge in [-0.25, -0.2) is 9.78 Å². The Bertz CT molecular complexity index is 1340. The molecule has 1 aliphatic carbocycles. The summed E-state index contributed by atoms with van der Waals surface area (Å²) in [5.74, 6) is 0.562. The fourth-order valence-corrected chi connectivity index (χ4v) is 5.50. The van der Waals surface area contributed by atoms with Gasteiger partial charge in [-0.15, -0.1) is 0 Å². The van der Waals surface area contributed by atoms with Crippen molar-refractivity contribution in [1.82, 2.24) is 20.2 Å². The van der Waals surface area contributed by atoms with Gasteiger partial charge in [-0.1, -0.05) is 35.9 Å². The lowest BCUT2D eigenvalue weighted by molar-refractivity contribution is 0.100. The van der Waals surface area contributed by atoms with Crippen LogP contribution in [0.3, 0.4) is 0 Å². The summed E-state index contributed by atoms with van der Waals surface area (Å²) in [7, 11) is 0. The smallest absolute Gasteiger partial charge is 0.317 e. The number of likely N-dealkylation sites (tertiary alicyclic amines) is 1. The lowest BCUT2D eigenvalue weighted by Gasteiger charge is -2.34. The average Bonchev–Trinajstić information content (AvgIpc) is 2.97. The quantitative estimate of drug-likeness (QED) is 0.275. The highest BCUT2D eigenvalue weighted by Crippen LogP contribution is 2.30. The Morgan fingerprint density at radius 1 is 0.925 bits per heavy atom. The lowest BCUT2D eigenvalue weighted by atomic mass is 9.89. The van der Waals surface area contributed by atoms with Gasteiger partial charge in [-0.3, -0.25) is 4.79 Å².